The molecule has 6 heteroatoms. The summed E-state index contributed by atoms with van der Waals surface area (Å²) in [5.74, 6) is -0.164. The van der Waals surface area contributed by atoms with Crippen LogP contribution in [0.4, 0.5) is 0 Å². The Bertz CT molecular complexity index is 413. The summed E-state index contributed by atoms with van der Waals surface area (Å²) in [5, 5.41) is 4.19. The zero-order valence-corrected chi connectivity index (χ0v) is 11.5. The summed E-state index contributed by atoms with van der Waals surface area (Å²) in [5.41, 5.74) is 1.05. The van der Waals surface area contributed by atoms with Crippen LogP contribution in [-0.2, 0) is 21.3 Å². The number of morpholine rings is 1. The Morgan fingerprint density at radius 3 is 2.84 bits per heavy atom. The van der Waals surface area contributed by atoms with Gasteiger partial charge in [0, 0.05) is 37.9 Å². The second-order valence-electron chi connectivity index (χ2n) is 4.62. The molecule has 19 heavy (non-hydrogen) atoms. The molecule has 2 rings (SSSR count). The Labute approximate surface area is 113 Å². The largest absolute Gasteiger partial charge is 0.466 e. The van der Waals surface area contributed by atoms with Gasteiger partial charge in [0.15, 0.2) is 0 Å². The molecule has 0 aromatic carbocycles. The van der Waals surface area contributed by atoms with E-state index in [0.29, 0.717) is 26.2 Å². The highest BCUT2D eigenvalue weighted by molar-refractivity contribution is 5.70. The van der Waals surface area contributed by atoms with Crippen molar-refractivity contribution in [2.24, 2.45) is 7.05 Å². The highest BCUT2D eigenvalue weighted by Crippen LogP contribution is 2.25. The molecule has 0 saturated carbocycles. The number of rotatable bonds is 5. The lowest BCUT2D eigenvalue weighted by Crippen LogP contribution is -2.40. The summed E-state index contributed by atoms with van der Waals surface area (Å²) < 4.78 is 12.2. The molecule has 1 fully saturated rings. The van der Waals surface area contributed by atoms with Crippen molar-refractivity contribution in [1.29, 1.82) is 0 Å². The Morgan fingerprint density at radius 1 is 1.53 bits per heavy atom. The molecule has 0 N–H and O–H groups in total. The summed E-state index contributed by atoms with van der Waals surface area (Å²) in [6.07, 6.45) is 4.14. The smallest absolute Gasteiger partial charge is 0.307 e. The van der Waals surface area contributed by atoms with Crippen LogP contribution >= 0.6 is 0 Å². The summed E-state index contributed by atoms with van der Waals surface area (Å²) in [6, 6.07) is 0.0247. The van der Waals surface area contributed by atoms with Crippen LogP contribution in [0.15, 0.2) is 12.4 Å². The van der Waals surface area contributed by atoms with E-state index in [1.54, 1.807) is 4.68 Å². The molecule has 0 spiro atoms. The molecule has 1 saturated heterocycles. The maximum atomic E-state index is 11.8. The average Bonchev–Trinajstić information content (AvgIpc) is 2.84. The van der Waals surface area contributed by atoms with Crippen molar-refractivity contribution < 1.29 is 14.3 Å². The van der Waals surface area contributed by atoms with Crippen LogP contribution in [0.5, 0.6) is 0 Å². The Kier molecular flexibility index (Phi) is 4.93. The predicted molar refractivity (Wildman–Crippen MR) is 69.6 cm³/mol. The first-order valence-corrected chi connectivity index (χ1v) is 6.66. The lowest BCUT2D eigenvalue weighted by atomic mass is 10.1. The van der Waals surface area contributed by atoms with Gasteiger partial charge in [-0.15, -0.1) is 0 Å². The number of carbonyl (C=O) groups excluding carboxylic acids is 1. The van der Waals surface area contributed by atoms with Crippen LogP contribution in [0.2, 0.25) is 0 Å². The number of aryl methyl sites for hydroxylation is 1. The van der Waals surface area contributed by atoms with Gasteiger partial charge in [0.25, 0.3) is 0 Å². The molecule has 1 aromatic rings. The first-order chi connectivity index (χ1) is 9.20. The second kappa shape index (κ2) is 6.68. The van der Waals surface area contributed by atoms with Gasteiger partial charge in [-0.3, -0.25) is 14.4 Å². The number of aromatic nitrogens is 2. The highest BCUT2D eigenvalue weighted by Gasteiger charge is 2.26. The van der Waals surface area contributed by atoms with Crippen LogP contribution in [0.1, 0.15) is 24.9 Å². The van der Waals surface area contributed by atoms with Crippen molar-refractivity contribution in [3.8, 4) is 0 Å². The van der Waals surface area contributed by atoms with Gasteiger partial charge >= 0.3 is 5.97 Å². The molecule has 1 aromatic heterocycles. The zero-order valence-electron chi connectivity index (χ0n) is 11.5. The standard InChI is InChI=1S/C13H21N3O3/c1-3-19-13(17)8-12(11-9-14-15(2)10-11)16-4-6-18-7-5-16/h9-10,12H,3-8H2,1-2H3. The fourth-order valence-electron chi connectivity index (χ4n) is 2.34. The van der Waals surface area contributed by atoms with Gasteiger partial charge in [0.05, 0.1) is 32.4 Å². The number of hydrogen-bond donors (Lipinski definition) is 0. The van der Waals surface area contributed by atoms with Gasteiger partial charge in [0.1, 0.15) is 0 Å². The van der Waals surface area contributed by atoms with Crippen molar-refractivity contribution in [2.75, 3.05) is 32.9 Å². The molecule has 1 aliphatic rings. The number of carbonyl (C=O) groups is 1. The van der Waals surface area contributed by atoms with Crippen LogP contribution in [0.3, 0.4) is 0 Å². The highest BCUT2D eigenvalue weighted by atomic mass is 16.5. The quantitative estimate of drug-likeness (QED) is 0.737. The van der Waals surface area contributed by atoms with E-state index in [1.807, 2.05) is 26.4 Å². The normalized spacial score (nSPS) is 18.2. The first-order valence-electron chi connectivity index (χ1n) is 6.66. The molecule has 1 aliphatic heterocycles. The molecule has 0 bridgehead atoms. The zero-order chi connectivity index (χ0) is 13.7. The Balaban J connectivity index is 2.10. The van der Waals surface area contributed by atoms with Gasteiger partial charge < -0.3 is 9.47 Å². The van der Waals surface area contributed by atoms with Gasteiger partial charge in [-0.05, 0) is 6.92 Å². The second-order valence-corrected chi connectivity index (χ2v) is 4.62. The predicted octanol–water partition coefficient (Wildman–Crippen LogP) is 0.747. The summed E-state index contributed by atoms with van der Waals surface area (Å²) >= 11 is 0. The monoisotopic (exact) mass is 267 g/mol. The third kappa shape index (κ3) is 3.78. The van der Waals surface area contributed by atoms with Gasteiger partial charge in [0.2, 0.25) is 0 Å². The van der Waals surface area contributed by atoms with E-state index in [-0.39, 0.29) is 12.0 Å². The van der Waals surface area contributed by atoms with Crippen LogP contribution in [0, 0.1) is 0 Å². The van der Waals surface area contributed by atoms with Crippen LogP contribution in [-0.4, -0.2) is 53.6 Å². The van der Waals surface area contributed by atoms with Crippen LogP contribution < -0.4 is 0 Å². The number of ether oxygens (including phenoxy) is 2. The van der Waals surface area contributed by atoms with E-state index in [4.69, 9.17) is 9.47 Å². The number of esters is 1. The first kappa shape index (κ1) is 14.0. The topological polar surface area (TPSA) is 56.6 Å². The summed E-state index contributed by atoms with van der Waals surface area (Å²) in [4.78, 5) is 14.0. The van der Waals surface area contributed by atoms with E-state index in [9.17, 15) is 4.79 Å². The molecule has 0 amide bonds. The van der Waals surface area contributed by atoms with Crippen molar-refractivity contribution >= 4 is 5.97 Å². The molecular formula is C13H21N3O3. The lowest BCUT2D eigenvalue weighted by Gasteiger charge is -2.33. The van der Waals surface area contributed by atoms with Gasteiger partial charge in [-0.25, -0.2) is 0 Å². The molecule has 0 radical (unpaired) electrons. The minimum Gasteiger partial charge on any atom is -0.466 e. The molecule has 1 unspecified atom stereocenters. The molecule has 1 atom stereocenters. The van der Waals surface area contributed by atoms with Gasteiger partial charge in [-0.2, -0.15) is 5.10 Å². The third-order valence-corrected chi connectivity index (χ3v) is 3.26. The van der Waals surface area contributed by atoms with Crippen molar-refractivity contribution in [3.05, 3.63) is 18.0 Å². The summed E-state index contributed by atoms with van der Waals surface area (Å²) in [6.45, 7) is 5.32. The molecule has 6 nitrogen and oxygen atoms in total. The summed E-state index contributed by atoms with van der Waals surface area (Å²) in [7, 11) is 1.88. The van der Waals surface area contributed by atoms with Crippen molar-refractivity contribution in [3.63, 3.8) is 0 Å². The molecule has 0 aliphatic carbocycles. The Morgan fingerprint density at radius 2 is 2.26 bits per heavy atom. The molecule has 2 heterocycles. The van der Waals surface area contributed by atoms with E-state index >= 15 is 0 Å². The minimum atomic E-state index is -0.164. The van der Waals surface area contributed by atoms with E-state index < -0.39 is 0 Å². The molecule has 106 valence electrons. The SMILES string of the molecule is CCOC(=O)CC(c1cnn(C)c1)N1CCOCC1. The fourth-order valence-corrected chi connectivity index (χ4v) is 2.34. The van der Waals surface area contributed by atoms with Gasteiger partial charge in [-0.1, -0.05) is 0 Å². The Hall–Kier alpha value is -1.40. The lowest BCUT2D eigenvalue weighted by molar-refractivity contribution is -0.145. The van der Waals surface area contributed by atoms with Crippen LogP contribution in [0.25, 0.3) is 0 Å². The van der Waals surface area contributed by atoms with E-state index in [0.717, 1.165) is 18.7 Å². The maximum Gasteiger partial charge on any atom is 0.307 e. The average molecular weight is 267 g/mol. The van der Waals surface area contributed by atoms with Crippen molar-refractivity contribution in [2.45, 2.75) is 19.4 Å². The fraction of sp³-hybridized carbons (Fsp3) is 0.692. The number of nitrogens with zero attached hydrogens (tertiary/aromatic N) is 3. The van der Waals surface area contributed by atoms with E-state index in [1.165, 1.54) is 0 Å². The maximum absolute atomic E-state index is 11.8. The van der Waals surface area contributed by atoms with Crippen molar-refractivity contribution in [1.82, 2.24) is 14.7 Å². The van der Waals surface area contributed by atoms with E-state index in [2.05, 4.69) is 10.00 Å². The number of hydrogen-bond acceptors (Lipinski definition) is 5. The minimum absolute atomic E-state index is 0.0247. The third-order valence-electron chi connectivity index (χ3n) is 3.26. The molecular weight excluding hydrogens is 246 g/mol.